The third-order valence-corrected chi connectivity index (χ3v) is 5.96. The van der Waals surface area contributed by atoms with Gasteiger partial charge < -0.3 is 4.57 Å². The number of fused-ring (bicyclic) bond motifs is 1. The van der Waals surface area contributed by atoms with Crippen molar-refractivity contribution in [3.8, 4) is 0 Å². The monoisotopic (exact) mass is 376 g/mol. The predicted octanol–water partition coefficient (Wildman–Crippen LogP) is 3.29. The molecule has 0 bridgehead atoms. The largest absolute Gasteiger partial charge is 0.344 e. The minimum absolute atomic E-state index is 0.166. The van der Waals surface area contributed by atoms with Gasteiger partial charge in [-0.05, 0) is 38.3 Å². The van der Waals surface area contributed by atoms with E-state index in [4.69, 9.17) is 0 Å². The summed E-state index contributed by atoms with van der Waals surface area (Å²) in [6.45, 7) is 4.41. The molecule has 0 radical (unpaired) electrons. The summed E-state index contributed by atoms with van der Waals surface area (Å²) in [4.78, 5) is 39.4. The van der Waals surface area contributed by atoms with E-state index in [-0.39, 0.29) is 36.0 Å². The van der Waals surface area contributed by atoms with E-state index >= 15 is 0 Å². The van der Waals surface area contributed by atoms with Crippen LogP contribution in [0.4, 0.5) is 0 Å². The standard InChI is InChI=1S/C23H24N2O3/c1-15-12-20(16(2)24(15)13-17-8-4-3-5-9-17)21(26)14-25-22(27)18-10-6-7-11-19(18)23(25)28/h3-9,12,18-19H,10-11,13-14H2,1-2H3/t18-,19-/m1/s1. The Morgan fingerprint density at radius 1 is 1.00 bits per heavy atom. The number of aromatic nitrogens is 1. The molecule has 0 N–H and O–H groups in total. The van der Waals surface area contributed by atoms with Crippen molar-refractivity contribution in [1.29, 1.82) is 0 Å². The number of amides is 2. The van der Waals surface area contributed by atoms with E-state index in [1.807, 2.05) is 50.3 Å². The molecule has 0 unspecified atom stereocenters. The van der Waals surface area contributed by atoms with Gasteiger partial charge in [0.1, 0.15) is 0 Å². The molecule has 1 saturated heterocycles. The number of likely N-dealkylation sites (tertiary alicyclic amines) is 1. The van der Waals surface area contributed by atoms with Gasteiger partial charge >= 0.3 is 0 Å². The van der Waals surface area contributed by atoms with E-state index < -0.39 is 0 Å². The number of hydrogen-bond donors (Lipinski definition) is 0. The lowest BCUT2D eigenvalue weighted by Crippen LogP contribution is -2.36. The van der Waals surface area contributed by atoms with E-state index in [9.17, 15) is 14.4 Å². The van der Waals surface area contributed by atoms with Gasteiger partial charge in [0.15, 0.2) is 5.78 Å². The molecule has 5 nitrogen and oxygen atoms in total. The zero-order chi connectivity index (χ0) is 19.8. The Labute approximate surface area is 164 Å². The molecular weight excluding hydrogens is 352 g/mol. The smallest absolute Gasteiger partial charge is 0.233 e. The molecule has 2 heterocycles. The number of ketones is 1. The normalized spacial score (nSPS) is 21.3. The first-order valence-corrected chi connectivity index (χ1v) is 9.71. The number of aryl methyl sites for hydroxylation is 1. The first kappa shape index (κ1) is 18.4. The van der Waals surface area contributed by atoms with Crippen molar-refractivity contribution in [3.05, 3.63) is 71.1 Å². The van der Waals surface area contributed by atoms with Gasteiger partial charge in [-0.15, -0.1) is 0 Å². The average Bonchev–Trinajstić information content (AvgIpc) is 3.12. The summed E-state index contributed by atoms with van der Waals surface area (Å²) < 4.78 is 2.10. The Morgan fingerprint density at radius 2 is 1.61 bits per heavy atom. The molecular formula is C23H24N2O3. The van der Waals surface area contributed by atoms with Crippen LogP contribution in [0.3, 0.4) is 0 Å². The van der Waals surface area contributed by atoms with Crippen molar-refractivity contribution in [1.82, 2.24) is 9.47 Å². The quantitative estimate of drug-likeness (QED) is 0.457. The highest BCUT2D eigenvalue weighted by Crippen LogP contribution is 2.35. The van der Waals surface area contributed by atoms with Crippen LogP contribution < -0.4 is 0 Å². The molecule has 2 amide bonds. The van der Waals surface area contributed by atoms with Crippen LogP contribution in [0, 0.1) is 25.7 Å². The van der Waals surface area contributed by atoms with Crippen LogP contribution >= 0.6 is 0 Å². The number of nitrogens with zero attached hydrogens (tertiary/aromatic N) is 2. The van der Waals surface area contributed by atoms with Gasteiger partial charge in [0.2, 0.25) is 11.8 Å². The Kier molecular flexibility index (Phi) is 4.75. The minimum Gasteiger partial charge on any atom is -0.344 e. The highest BCUT2D eigenvalue weighted by Gasteiger charge is 2.47. The van der Waals surface area contributed by atoms with Crippen LogP contribution in [0.15, 0.2) is 48.6 Å². The number of carbonyl (C=O) groups is 3. The molecule has 1 fully saturated rings. The summed E-state index contributed by atoms with van der Waals surface area (Å²) in [6.07, 6.45) is 5.08. The van der Waals surface area contributed by atoms with E-state index in [0.717, 1.165) is 17.0 Å². The van der Waals surface area contributed by atoms with Gasteiger partial charge in [-0.2, -0.15) is 0 Å². The lowest BCUT2D eigenvalue weighted by Gasteiger charge is -2.14. The molecule has 0 spiro atoms. The van der Waals surface area contributed by atoms with Gasteiger partial charge in [-0.3, -0.25) is 19.3 Å². The number of hydrogen-bond acceptors (Lipinski definition) is 3. The Balaban J connectivity index is 1.54. The third kappa shape index (κ3) is 3.11. The fourth-order valence-corrected chi connectivity index (χ4v) is 4.35. The average molecular weight is 376 g/mol. The molecule has 28 heavy (non-hydrogen) atoms. The van der Waals surface area contributed by atoms with Crippen LogP contribution in [0.25, 0.3) is 0 Å². The van der Waals surface area contributed by atoms with E-state index in [1.54, 1.807) is 0 Å². The Hall–Kier alpha value is -2.95. The van der Waals surface area contributed by atoms with Gasteiger partial charge in [-0.1, -0.05) is 42.5 Å². The van der Waals surface area contributed by atoms with E-state index in [2.05, 4.69) is 16.7 Å². The van der Waals surface area contributed by atoms with Gasteiger partial charge in [0.25, 0.3) is 0 Å². The third-order valence-electron chi connectivity index (χ3n) is 5.96. The Bertz CT molecular complexity index is 945. The lowest BCUT2D eigenvalue weighted by molar-refractivity contribution is -0.139. The van der Waals surface area contributed by atoms with Crippen LogP contribution in [-0.4, -0.2) is 33.6 Å². The number of Topliss-reactive ketones (excluding diaryl/α,β-unsaturated/α-hetero) is 1. The second-order valence-electron chi connectivity index (χ2n) is 7.70. The molecule has 0 saturated carbocycles. The number of imide groups is 1. The van der Waals surface area contributed by atoms with Crippen LogP contribution in [0.5, 0.6) is 0 Å². The van der Waals surface area contributed by atoms with Crippen LogP contribution in [0.1, 0.15) is 40.2 Å². The van der Waals surface area contributed by atoms with Crippen molar-refractivity contribution in [2.45, 2.75) is 33.2 Å². The molecule has 1 aromatic carbocycles. The molecule has 2 aromatic rings. The second kappa shape index (κ2) is 7.23. The maximum atomic E-state index is 13.0. The van der Waals surface area contributed by atoms with Gasteiger partial charge in [-0.25, -0.2) is 0 Å². The summed E-state index contributed by atoms with van der Waals surface area (Å²) in [5.41, 5.74) is 3.60. The number of carbonyl (C=O) groups excluding carboxylic acids is 3. The Morgan fingerprint density at radius 3 is 2.21 bits per heavy atom. The van der Waals surface area contributed by atoms with Crippen molar-refractivity contribution < 1.29 is 14.4 Å². The topological polar surface area (TPSA) is 59.4 Å². The molecule has 4 rings (SSSR count). The molecule has 1 aliphatic carbocycles. The highest BCUT2D eigenvalue weighted by atomic mass is 16.2. The SMILES string of the molecule is Cc1cc(C(=O)CN2C(=O)[C@@H]3CC=CC[C@H]3C2=O)c(C)n1Cc1ccccc1. The first-order valence-electron chi connectivity index (χ1n) is 9.71. The fourth-order valence-electron chi connectivity index (χ4n) is 4.35. The lowest BCUT2D eigenvalue weighted by atomic mass is 9.85. The van der Waals surface area contributed by atoms with Gasteiger partial charge in [0.05, 0.1) is 18.4 Å². The van der Waals surface area contributed by atoms with Crippen molar-refractivity contribution in [2.75, 3.05) is 6.54 Å². The maximum Gasteiger partial charge on any atom is 0.233 e. The number of benzene rings is 1. The molecule has 2 atom stereocenters. The molecule has 1 aromatic heterocycles. The maximum absolute atomic E-state index is 13.0. The van der Waals surface area contributed by atoms with Crippen molar-refractivity contribution in [3.63, 3.8) is 0 Å². The summed E-state index contributed by atoms with van der Waals surface area (Å²) in [5.74, 6) is -1.18. The van der Waals surface area contributed by atoms with Gasteiger partial charge in [0, 0.05) is 23.5 Å². The first-order chi connectivity index (χ1) is 13.5. The van der Waals surface area contributed by atoms with Crippen molar-refractivity contribution >= 4 is 17.6 Å². The summed E-state index contributed by atoms with van der Waals surface area (Å²) in [5, 5.41) is 0. The molecule has 2 aliphatic rings. The second-order valence-corrected chi connectivity index (χ2v) is 7.70. The van der Waals surface area contributed by atoms with E-state index in [1.165, 1.54) is 4.90 Å². The zero-order valence-electron chi connectivity index (χ0n) is 16.2. The number of allylic oxidation sites excluding steroid dienone is 2. The highest BCUT2D eigenvalue weighted by molar-refractivity contribution is 6.10. The molecule has 144 valence electrons. The summed E-state index contributed by atoms with van der Waals surface area (Å²) in [6, 6.07) is 11.9. The minimum atomic E-state index is -0.296. The van der Waals surface area contributed by atoms with Crippen molar-refractivity contribution in [2.24, 2.45) is 11.8 Å². The molecule has 5 heteroatoms. The number of rotatable bonds is 5. The predicted molar refractivity (Wildman–Crippen MR) is 106 cm³/mol. The van der Waals surface area contributed by atoms with Crippen LogP contribution in [-0.2, 0) is 16.1 Å². The molecule has 1 aliphatic heterocycles. The fraction of sp³-hybridized carbons (Fsp3) is 0.348. The summed E-state index contributed by atoms with van der Waals surface area (Å²) >= 11 is 0. The zero-order valence-corrected chi connectivity index (χ0v) is 16.2. The summed E-state index contributed by atoms with van der Waals surface area (Å²) in [7, 11) is 0. The van der Waals surface area contributed by atoms with Crippen LogP contribution in [0.2, 0.25) is 0 Å². The van der Waals surface area contributed by atoms with E-state index in [0.29, 0.717) is 24.9 Å².